The second-order valence-electron chi connectivity index (χ2n) is 6.50. The summed E-state index contributed by atoms with van der Waals surface area (Å²) in [5.41, 5.74) is 8.76. The number of benzene rings is 1. The number of nitrogens with zero attached hydrogens (tertiary/aromatic N) is 2. The third kappa shape index (κ3) is 2.13. The number of methoxy groups -OCH3 is 1. The van der Waals surface area contributed by atoms with Crippen molar-refractivity contribution in [1.82, 2.24) is 4.98 Å². The van der Waals surface area contributed by atoms with E-state index < -0.39 is 0 Å². The highest BCUT2D eigenvalue weighted by Gasteiger charge is 2.28. The number of ether oxygens (including phenoxy) is 1. The van der Waals surface area contributed by atoms with Gasteiger partial charge in [-0.1, -0.05) is 6.07 Å². The Kier molecular flexibility index (Phi) is 3.41. The van der Waals surface area contributed by atoms with Gasteiger partial charge in [0.05, 0.1) is 7.11 Å². The third-order valence-electron chi connectivity index (χ3n) is 5.24. The minimum Gasteiger partial charge on any atom is -0.481 e. The van der Waals surface area contributed by atoms with E-state index in [9.17, 15) is 0 Å². The number of anilines is 1. The van der Waals surface area contributed by atoms with Gasteiger partial charge in [0.15, 0.2) is 0 Å². The van der Waals surface area contributed by atoms with E-state index in [0.717, 1.165) is 37.1 Å². The fourth-order valence-corrected chi connectivity index (χ4v) is 4.07. The summed E-state index contributed by atoms with van der Waals surface area (Å²) < 4.78 is 5.45. The summed E-state index contributed by atoms with van der Waals surface area (Å²) in [7, 11) is 1.69. The molecule has 2 N–H and O–H groups in total. The van der Waals surface area contributed by atoms with Gasteiger partial charge in [0.2, 0.25) is 5.88 Å². The molecule has 0 spiro atoms. The van der Waals surface area contributed by atoms with Crippen molar-refractivity contribution in [3.8, 4) is 5.88 Å². The number of hydrogen-bond donors (Lipinski definition) is 1. The molecule has 1 fully saturated rings. The zero-order valence-corrected chi connectivity index (χ0v) is 13.1. The van der Waals surface area contributed by atoms with Gasteiger partial charge >= 0.3 is 0 Å². The van der Waals surface area contributed by atoms with Crippen LogP contribution in [-0.4, -0.2) is 30.7 Å². The molecule has 2 aliphatic rings. The Morgan fingerprint density at radius 3 is 2.82 bits per heavy atom. The van der Waals surface area contributed by atoms with Crippen LogP contribution >= 0.6 is 0 Å². The minimum atomic E-state index is 0.397. The summed E-state index contributed by atoms with van der Waals surface area (Å²) in [4.78, 5) is 7.06. The molecule has 0 unspecified atom stereocenters. The zero-order chi connectivity index (χ0) is 15.1. The van der Waals surface area contributed by atoms with E-state index in [1.165, 1.54) is 29.5 Å². The van der Waals surface area contributed by atoms with Crippen molar-refractivity contribution < 1.29 is 4.74 Å². The van der Waals surface area contributed by atoms with Crippen molar-refractivity contribution in [2.45, 2.75) is 44.2 Å². The summed E-state index contributed by atoms with van der Waals surface area (Å²) >= 11 is 0. The summed E-state index contributed by atoms with van der Waals surface area (Å²) in [5.74, 6) is 0.730. The van der Waals surface area contributed by atoms with Gasteiger partial charge in [0.1, 0.15) is 0 Å². The van der Waals surface area contributed by atoms with Crippen LogP contribution in [0.3, 0.4) is 0 Å². The predicted octanol–water partition coefficient (Wildman–Crippen LogP) is 2.88. The average molecular weight is 297 g/mol. The Bertz CT molecular complexity index is 692. The largest absolute Gasteiger partial charge is 0.481 e. The molecule has 2 heterocycles. The first-order chi connectivity index (χ1) is 10.8. The molecule has 116 valence electrons. The fourth-order valence-electron chi connectivity index (χ4n) is 4.07. The third-order valence-corrected chi connectivity index (χ3v) is 5.24. The molecule has 0 bridgehead atoms. The SMILES string of the molecule is COc1ncc2c3c(cccc13)N(C1CCC(N)CC1)CC2. The smallest absolute Gasteiger partial charge is 0.221 e. The van der Waals surface area contributed by atoms with E-state index in [1.807, 2.05) is 6.20 Å². The first kappa shape index (κ1) is 13.8. The Morgan fingerprint density at radius 2 is 2.05 bits per heavy atom. The minimum absolute atomic E-state index is 0.397. The molecule has 1 aliphatic carbocycles. The summed E-state index contributed by atoms with van der Waals surface area (Å²) in [5, 5.41) is 2.46. The maximum Gasteiger partial charge on any atom is 0.221 e. The van der Waals surface area contributed by atoms with Gasteiger partial charge in [-0.05, 0) is 49.8 Å². The number of pyridine rings is 1. The molecule has 1 saturated carbocycles. The quantitative estimate of drug-likeness (QED) is 0.926. The zero-order valence-electron chi connectivity index (χ0n) is 13.1. The van der Waals surface area contributed by atoms with Crippen LogP contribution in [0.1, 0.15) is 31.2 Å². The Balaban J connectivity index is 1.79. The molecular formula is C18H23N3O. The first-order valence-corrected chi connectivity index (χ1v) is 8.24. The predicted molar refractivity (Wildman–Crippen MR) is 89.6 cm³/mol. The van der Waals surface area contributed by atoms with Gasteiger partial charge in [0, 0.05) is 41.3 Å². The molecular weight excluding hydrogens is 274 g/mol. The summed E-state index contributed by atoms with van der Waals surface area (Å²) in [6, 6.07) is 7.51. The molecule has 1 aromatic heterocycles. The molecule has 4 nitrogen and oxygen atoms in total. The molecule has 0 radical (unpaired) electrons. The molecule has 0 atom stereocenters. The second-order valence-corrected chi connectivity index (χ2v) is 6.50. The highest BCUT2D eigenvalue weighted by molar-refractivity contribution is 6.00. The molecule has 0 saturated heterocycles. The summed E-state index contributed by atoms with van der Waals surface area (Å²) in [6.45, 7) is 1.08. The van der Waals surface area contributed by atoms with E-state index in [-0.39, 0.29) is 0 Å². The van der Waals surface area contributed by atoms with Gasteiger partial charge in [-0.3, -0.25) is 0 Å². The molecule has 2 aromatic rings. The standard InChI is InChI=1S/C18H23N3O/c1-22-18-15-3-2-4-16-17(15)12(11-20-18)9-10-21(16)14-7-5-13(19)6-8-14/h2-4,11,13-14H,5-10,19H2,1H3. The molecule has 1 aromatic carbocycles. The van der Waals surface area contributed by atoms with Gasteiger partial charge in [-0.15, -0.1) is 0 Å². The van der Waals surface area contributed by atoms with Crippen LogP contribution in [0.4, 0.5) is 5.69 Å². The molecule has 4 heteroatoms. The van der Waals surface area contributed by atoms with Crippen molar-refractivity contribution >= 4 is 16.5 Å². The number of rotatable bonds is 2. The Labute approximate surface area is 131 Å². The lowest BCUT2D eigenvalue weighted by Crippen LogP contribution is -2.43. The molecule has 1 aliphatic heterocycles. The van der Waals surface area contributed by atoms with Gasteiger partial charge in [-0.25, -0.2) is 4.98 Å². The molecule has 22 heavy (non-hydrogen) atoms. The second kappa shape index (κ2) is 5.43. The van der Waals surface area contributed by atoms with Crippen LogP contribution < -0.4 is 15.4 Å². The highest BCUT2D eigenvalue weighted by Crippen LogP contribution is 2.39. The highest BCUT2D eigenvalue weighted by atomic mass is 16.5. The van der Waals surface area contributed by atoms with Crippen molar-refractivity contribution in [1.29, 1.82) is 0 Å². The van der Waals surface area contributed by atoms with Crippen molar-refractivity contribution in [3.63, 3.8) is 0 Å². The number of nitrogens with two attached hydrogens (primary N) is 1. The van der Waals surface area contributed by atoms with Crippen LogP contribution in [-0.2, 0) is 6.42 Å². The van der Waals surface area contributed by atoms with E-state index in [0.29, 0.717) is 12.1 Å². The van der Waals surface area contributed by atoms with E-state index in [1.54, 1.807) is 7.11 Å². The monoisotopic (exact) mass is 297 g/mol. The van der Waals surface area contributed by atoms with Gasteiger partial charge in [0.25, 0.3) is 0 Å². The van der Waals surface area contributed by atoms with Crippen molar-refractivity contribution in [2.75, 3.05) is 18.6 Å². The summed E-state index contributed by atoms with van der Waals surface area (Å²) in [6.07, 6.45) is 7.74. The van der Waals surface area contributed by atoms with Crippen LogP contribution in [0.25, 0.3) is 10.8 Å². The topological polar surface area (TPSA) is 51.4 Å². The first-order valence-electron chi connectivity index (χ1n) is 8.24. The lowest BCUT2D eigenvalue weighted by Gasteiger charge is -2.40. The van der Waals surface area contributed by atoms with Crippen LogP contribution in [0.2, 0.25) is 0 Å². The van der Waals surface area contributed by atoms with Crippen LogP contribution in [0.15, 0.2) is 24.4 Å². The molecule has 4 rings (SSSR count). The Hall–Kier alpha value is -1.81. The van der Waals surface area contributed by atoms with E-state index in [2.05, 4.69) is 28.1 Å². The molecule has 0 amide bonds. The van der Waals surface area contributed by atoms with Crippen LogP contribution in [0.5, 0.6) is 5.88 Å². The van der Waals surface area contributed by atoms with Gasteiger partial charge in [-0.2, -0.15) is 0 Å². The number of hydrogen-bond acceptors (Lipinski definition) is 4. The average Bonchev–Trinajstić information content (AvgIpc) is 2.57. The fraction of sp³-hybridized carbons (Fsp3) is 0.500. The van der Waals surface area contributed by atoms with Crippen molar-refractivity contribution in [3.05, 3.63) is 30.0 Å². The lowest BCUT2D eigenvalue weighted by atomic mass is 9.88. The van der Waals surface area contributed by atoms with Crippen molar-refractivity contribution in [2.24, 2.45) is 5.73 Å². The van der Waals surface area contributed by atoms with E-state index in [4.69, 9.17) is 10.5 Å². The van der Waals surface area contributed by atoms with E-state index >= 15 is 0 Å². The Morgan fingerprint density at radius 1 is 1.23 bits per heavy atom. The maximum atomic E-state index is 6.07. The lowest BCUT2D eigenvalue weighted by molar-refractivity contribution is 0.375. The van der Waals surface area contributed by atoms with Gasteiger partial charge < -0.3 is 15.4 Å². The number of aromatic nitrogens is 1. The maximum absolute atomic E-state index is 6.07. The normalized spacial score (nSPS) is 24.5. The van der Waals surface area contributed by atoms with Crippen LogP contribution in [0, 0.1) is 0 Å².